The highest BCUT2D eigenvalue weighted by Gasteiger charge is 2.09. The maximum absolute atomic E-state index is 11.9. The molecule has 110 valence electrons. The van der Waals surface area contributed by atoms with E-state index in [1.165, 1.54) is 6.07 Å². The molecule has 0 spiro atoms. The second kappa shape index (κ2) is 9.13. The lowest BCUT2D eigenvalue weighted by Crippen LogP contribution is -2.20. The lowest BCUT2D eigenvalue weighted by Gasteiger charge is -2.07. The number of unbranched alkanes of at least 4 members (excludes halogenated alkanes) is 2. The standard InChI is InChI=1S/C16H24N2O2/c1-3-5-9-13(10-6-4-2)17-18-16(20)14-11-7-8-12-15(14)19/h7-8,11-12,19H,3-6,9-10H2,1-2H3,(H,18,20). The van der Waals surface area contributed by atoms with Gasteiger partial charge in [0.15, 0.2) is 0 Å². The molecule has 1 aromatic rings. The molecule has 4 heteroatoms. The Morgan fingerprint density at radius 2 is 1.75 bits per heavy atom. The Kier molecular flexibility index (Phi) is 7.40. The minimum atomic E-state index is -0.367. The van der Waals surface area contributed by atoms with Crippen molar-refractivity contribution in [1.29, 1.82) is 0 Å². The summed E-state index contributed by atoms with van der Waals surface area (Å²) < 4.78 is 0. The van der Waals surface area contributed by atoms with Gasteiger partial charge >= 0.3 is 0 Å². The number of para-hydroxylation sites is 1. The van der Waals surface area contributed by atoms with Crippen molar-refractivity contribution in [2.45, 2.75) is 52.4 Å². The maximum atomic E-state index is 11.9. The van der Waals surface area contributed by atoms with Gasteiger partial charge in [-0.05, 0) is 37.8 Å². The van der Waals surface area contributed by atoms with E-state index in [0.29, 0.717) is 0 Å². The van der Waals surface area contributed by atoms with Gasteiger partial charge in [-0.2, -0.15) is 5.10 Å². The number of nitrogens with one attached hydrogen (secondary N) is 1. The summed E-state index contributed by atoms with van der Waals surface area (Å²) in [5.41, 5.74) is 3.82. The third-order valence-electron chi connectivity index (χ3n) is 3.10. The molecule has 0 saturated heterocycles. The van der Waals surface area contributed by atoms with Crippen LogP contribution >= 0.6 is 0 Å². The maximum Gasteiger partial charge on any atom is 0.275 e. The van der Waals surface area contributed by atoms with Crippen LogP contribution in [0.3, 0.4) is 0 Å². The van der Waals surface area contributed by atoms with Crippen molar-refractivity contribution in [2.24, 2.45) is 5.10 Å². The molecule has 0 heterocycles. The molecule has 0 aliphatic rings. The number of carbonyl (C=O) groups is 1. The highest BCUT2D eigenvalue weighted by Crippen LogP contribution is 2.15. The Balaban J connectivity index is 2.65. The highest BCUT2D eigenvalue weighted by atomic mass is 16.3. The van der Waals surface area contributed by atoms with Crippen LogP contribution in [0.15, 0.2) is 29.4 Å². The van der Waals surface area contributed by atoms with Crippen molar-refractivity contribution in [2.75, 3.05) is 0 Å². The molecule has 0 aromatic heterocycles. The number of phenols is 1. The van der Waals surface area contributed by atoms with Gasteiger partial charge in [0.25, 0.3) is 5.91 Å². The number of amides is 1. The van der Waals surface area contributed by atoms with E-state index in [1.54, 1.807) is 18.2 Å². The molecule has 2 N–H and O–H groups in total. The van der Waals surface area contributed by atoms with Gasteiger partial charge < -0.3 is 5.11 Å². The number of rotatable bonds is 8. The van der Waals surface area contributed by atoms with Crippen molar-refractivity contribution >= 4 is 11.6 Å². The van der Waals surface area contributed by atoms with Crippen LogP contribution in [0.1, 0.15) is 62.7 Å². The average Bonchev–Trinajstić information content (AvgIpc) is 2.46. The van der Waals surface area contributed by atoms with E-state index in [-0.39, 0.29) is 17.2 Å². The Morgan fingerprint density at radius 3 is 2.30 bits per heavy atom. The predicted octanol–water partition coefficient (Wildman–Crippen LogP) is 3.86. The molecule has 4 nitrogen and oxygen atoms in total. The summed E-state index contributed by atoms with van der Waals surface area (Å²) in [5.74, 6) is -0.391. The van der Waals surface area contributed by atoms with Crippen LogP contribution < -0.4 is 5.43 Å². The van der Waals surface area contributed by atoms with Gasteiger partial charge in [-0.3, -0.25) is 4.79 Å². The van der Waals surface area contributed by atoms with Gasteiger partial charge in [-0.15, -0.1) is 0 Å². The highest BCUT2D eigenvalue weighted by molar-refractivity contribution is 5.97. The third kappa shape index (κ3) is 5.43. The normalized spacial score (nSPS) is 10.1. The van der Waals surface area contributed by atoms with Crippen LogP contribution in [0.2, 0.25) is 0 Å². The molecule has 0 fully saturated rings. The number of hydrogen-bond acceptors (Lipinski definition) is 3. The Labute approximate surface area is 120 Å². The molecule has 0 saturated carbocycles. The first-order valence-corrected chi connectivity index (χ1v) is 7.32. The zero-order valence-corrected chi connectivity index (χ0v) is 12.4. The molecule has 1 rings (SSSR count). The summed E-state index contributed by atoms with van der Waals surface area (Å²) in [7, 11) is 0. The van der Waals surface area contributed by atoms with Crippen molar-refractivity contribution in [3.8, 4) is 5.75 Å². The number of nitrogens with zero attached hydrogens (tertiary/aromatic N) is 1. The summed E-state index contributed by atoms with van der Waals surface area (Å²) in [6.07, 6.45) is 6.20. The van der Waals surface area contributed by atoms with Crippen LogP contribution in [-0.2, 0) is 0 Å². The van der Waals surface area contributed by atoms with Crippen molar-refractivity contribution in [1.82, 2.24) is 5.43 Å². The molecule has 0 unspecified atom stereocenters. The van der Waals surface area contributed by atoms with Crippen molar-refractivity contribution in [3.63, 3.8) is 0 Å². The SMILES string of the molecule is CCCCC(CCCC)=NNC(=O)c1ccccc1O. The molecule has 0 atom stereocenters. The first kappa shape index (κ1) is 16.2. The summed E-state index contributed by atoms with van der Waals surface area (Å²) in [6.45, 7) is 4.27. The summed E-state index contributed by atoms with van der Waals surface area (Å²) >= 11 is 0. The Hall–Kier alpha value is -1.84. The first-order valence-electron chi connectivity index (χ1n) is 7.32. The zero-order valence-electron chi connectivity index (χ0n) is 12.4. The van der Waals surface area contributed by atoms with E-state index >= 15 is 0 Å². The van der Waals surface area contributed by atoms with E-state index in [1.807, 2.05) is 0 Å². The minimum Gasteiger partial charge on any atom is -0.507 e. The summed E-state index contributed by atoms with van der Waals surface area (Å²) in [5, 5.41) is 13.8. The molecule has 0 bridgehead atoms. The van der Waals surface area contributed by atoms with E-state index in [4.69, 9.17) is 0 Å². The lowest BCUT2D eigenvalue weighted by molar-refractivity contribution is 0.0952. The van der Waals surface area contributed by atoms with Crippen LogP contribution in [0.4, 0.5) is 0 Å². The van der Waals surface area contributed by atoms with Crippen LogP contribution in [0.25, 0.3) is 0 Å². The van der Waals surface area contributed by atoms with Crippen LogP contribution in [0, 0.1) is 0 Å². The lowest BCUT2D eigenvalue weighted by atomic mass is 10.1. The van der Waals surface area contributed by atoms with E-state index in [2.05, 4.69) is 24.4 Å². The molecule has 20 heavy (non-hydrogen) atoms. The number of hydrogen-bond donors (Lipinski definition) is 2. The van der Waals surface area contributed by atoms with Gasteiger partial charge in [-0.1, -0.05) is 38.8 Å². The molecule has 0 aliphatic carbocycles. The number of phenolic OH excluding ortho intramolecular Hbond substituents is 1. The number of carbonyl (C=O) groups excluding carboxylic acids is 1. The van der Waals surface area contributed by atoms with Crippen LogP contribution in [-0.4, -0.2) is 16.7 Å². The first-order chi connectivity index (χ1) is 9.69. The molecule has 0 aliphatic heterocycles. The summed E-state index contributed by atoms with van der Waals surface area (Å²) in [4.78, 5) is 11.9. The minimum absolute atomic E-state index is 0.0242. The third-order valence-corrected chi connectivity index (χ3v) is 3.10. The fourth-order valence-corrected chi connectivity index (χ4v) is 1.85. The van der Waals surface area contributed by atoms with Gasteiger partial charge in [0.2, 0.25) is 0 Å². The second-order valence-corrected chi connectivity index (χ2v) is 4.84. The molecular weight excluding hydrogens is 252 g/mol. The molecular formula is C16H24N2O2. The van der Waals surface area contributed by atoms with Crippen LogP contribution in [0.5, 0.6) is 5.75 Å². The average molecular weight is 276 g/mol. The Bertz CT molecular complexity index is 446. The monoisotopic (exact) mass is 276 g/mol. The smallest absolute Gasteiger partial charge is 0.275 e. The van der Waals surface area contributed by atoms with Crippen molar-refractivity contribution in [3.05, 3.63) is 29.8 Å². The van der Waals surface area contributed by atoms with Gasteiger partial charge in [0.05, 0.1) is 5.56 Å². The molecule has 0 radical (unpaired) electrons. The largest absolute Gasteiger partial charge is 0.507 e. The fourth-order valence-electron chi connectivity index (χ4n) is 1.85. The quantitative estimate of drug-likeness (QED) is 0.559. The van der Waals surface area contributed by atoms with Gasteiger partial charge in [0.1, 0.15) is 5.75 Å². The number of aromatic hydroxyl groups is 1. The predicted molar refractivity (Wildman–Crippen MR) is 82.1 cm³/mol. The summed E-state index contributed by atoms with van der Waals surface area (Å²) in [6, 6.07) is 6.47. The second-order valence-electron chi connectivity index (χ2n) is 4.84. The van der Waals surface area contributed by atoms with E-state index in [0.717, 1.165) is 44.2 Å². The van der Waals surface area contributed by atoms with Crippen molar-refractivity contribution < 1.29 is 9.90 Å². The van der Waals surface area contributed by atoms with Gasteiger partial charge in [0, 0.05) is 5.71 Å². The fraction of sp³-hybridized carbons (Fsp3) is 0.500. The molecule has 1 amide bonds. The van der Waals surface area contributed by atoms with E-state index in [9.17, 15) is 9.90 Å². The number of benzene rings is 1. The zero-order chi connectivity index (χ0) is 14.8. The molecule has 1 aromatic carbocycles. The topological polar surface area (TPSA) is 61.7 Å². The number of hydrazone groups is 1. The van der Waals surface area contributed by atoms with E-state index < -0.39 is 0 Å². The Morgan fingerprint density at radius 1 is 1.15 bits per heavy atom. The van der Waals surface area contributed by atoms with Gasteiger partial charge in [-0.25, -0.2) is 5.43 Å².